The highest BCUT2D eigenvalue weighted by molar-refractivity contribution is 5.89. The van der Waals surface area contributed by atoms with Crippen LogP contribution in [0.2, 0.25) is 0 Å². The molecule has 21 heavy (non-hydrogen) atoms. The summed E-state index contributed by atoms with van der Waals surface area (Å²) in [6.45, 7) is 0. The van der Waals surface area contributed by atoms with E-state index in [4.69, 9.17) is 10.5 Å². The normalized spacial score (nSPS) is 9.95. The van der Waals surface area contributed by atoms with Crippen LogP contribution < -0.4 is 15.8 Å². The van der Waals surface area contributed by atoms with Crippen LogP contribution in [0.1, 0.15) is 0 Å². The number of rotatable bonds is 3. The van der Waals surface area contributed by atoms with Crippen LogP contribution in [0.25, 0.3) is 10.9 Å². The van der Waals surface area contributed by atoms with Crippen molar-refractivity contribution in [1.82, 2.24) is 9.97 Å². The van der Waals surface area contributed by atoms with Gasteiger partial charge >= 0.3 is 0 Å². The van der Waals surface area contributed by atoms with Gasteiger partial charge in [-0.05, 0) is 24.3 Å². The van der Waals surface area contributed by atoms with Gasteiger partial charge < -0.3 is 15.8 Å². The van der Waals surface area contributed by atoms with E-state index in [-0.39, 0.29) is 12.4 Å². The number of nitrogens with zero attached hydrogens (tertiary/aromatic N) is 2. The van der Waals surface area contributed by atoms with Crippen molar-refractivity contribution in [2.45, 2.75) is 0 Å². The van der Waals surface area contributed by atoms with Crippen LogP contribution in [0.5, 0.6) is 5.75 Å². The van der Waals surface area contributed by atoms with Crippen LogP contribution in [0.4, 0.5) is 17.5 Å². The first-order valence-electron chi connectivity index (χ1n) is 6.20. The highest BCUT2D eigenvalue weighted by atomic mass is 35.5. The third-order valence-electron chi connectivity index (χ3n) is 2.99. The van der Waals surface area contributed by atoms with Gasteiger partial charge in [-0.25, -0.2) is 4.98 Å². The molecule has 0 saturated carbocycles. The molecular weight excluding hydrogens is 288 g/mol. The molecule has 0 spiro atoms. The topological polar surface area (TPSA) is 73.1 Å². The third-order valence-corrected chi connectivity index (χ3v) is 2.99. The first-order chi connectivity index (χ1) is 9.78. The molecule has 0 fully saturated rings. The molecule has 2 aromatic carbocycles. The summed E-state index contributed by atoms with van der Waals surface area (Å²) < 4.78 is 5.29. The van der Waals surface area contributed by atoms with Crippen LogP contribution in [0.3, 0.4) is 0 Å². The molecule has 0 saturated heterocycles. The van der Waals surface area contributed by atoms with Crippen molar-refractivity contribution >= 4 is 40.8 Å². The fraction of sp³-hybridized carbons (Fsp3) is 0.0667. The second kappa shape index (κ2) is 6.28. The van der Waals surface area contributed by atoms with Crippen molar-refractivity contribution in [3.05, 3.63) is 48.5 Å². The lowest BCUT2D eigenvalue weighted by atomic mass is 10.2. The molecular formula is C15H15ClN4O. The van der Waals surface area contributed by atoms with Crippen LogP contribution in [0.15, 0.2) is 48.5 Å². The molecule has 3 aromatic rings. The Morgan fingerprint density at radius 2 is 1.71 bits per heavy atom. The van der Waals surface area contributed by atoms with E-state index in [2.05, 4.69) is 15.3 Å². The summed E-state index contributed by atoms with van der Waals surface area (Å²) in [6, 6.07) is 15.2. The molecule has 108 valence electrons. The molecule has 0 aliphatic carbocycles. The molecule has 5 nitrogen and oxygen atoms in total. The Balaban J connectivity index is 0.00000161. The van der Waals surface area contributed by atoms with Crippen molar-refractivity contribution in [3.8, 4) is 5.75 Å². The standard InChI is InChI=1S/C15H14N4O.ClH/c1-20-13-9-5-4-8-12(13)18-15-17-11-7-3-2-6-10(11)14(16)19-15;/h2-9H,1H3,(H3,16,17,18,19);1H. The predicted molar refractivity (Wildman–Crippen MR) is 87.5 cm³/mol. The Labute approximate surface area is 128 Å². The summed E-state index contributed by atoms with van der Waals surface area (Å²) in [6.07, 6.45) is 0. The fourth-order valence-electron chi connectivity index (χ4n) is 2.03. The number of anilines is 3. The first-order valence-corrected chi connectivity index (χ1v) is 6.20. The summed E-state index contributed by atoms with van der Waals surface area (Å²) in [5, 5.41) is 3.97. The van der Waals surface area contributed by atoms with Gasteiger partial charge in [0.15, 0.2) is 0 Å². The number of ether oxygens (including phenoxy) is 1. The Kier molecular flexibility index (Phi) is 4.45. The minimum atomic E-state index is 0. The van der Waals surface area contributed by atoms with Gasteiger partial charge in [0.1, 0.15) is 11.6 Å². The number of fused-ring (bicyclic) bond motifs is 1. The monoisotopic (exact) mass is 302 g/mol. The van der Waals surface area contributed by atoms with E-state index >= 15 is 0 Å². The van der Waals surface area contributed by atoms with Gasteiger partial charge in [0.2, 0.25) is 5.95 Å². The summed E-state index contributed by atoms with van der Waals surface area (Å²) in [5.74, 6) is 1.63. The van der Waals surface area contributed by atoms with E-state index in [1.807, 2.05) is 48.5 Å². The van der Waals surface area contributed by atoms with E-state index in [9.17, 15) is 0 Å². The van der Waals surface area contributed by atoms with Gasteiger partial charge in [0.25, 0.3) is 0 Å². The number of nitrogens with one attached hydrogen (secondary N) is 1. The number of methoxy groups -OCH3 is 1. The molecule has 0 aliphatic rings. The van der Waals surface area contributed by atoms with Crippen LogP contribution in [-0.2, 0) is 0 Å². The maximum Gasteiger partial charge on any atom is 0.229 e. The Bertz CT molecular complexity index is 763. The summed E-state index contributed by atoms with van der Waals surface area (Å²) in [7, 11) is 1.62. The highest BCUT2D eigenvalue weighted by Gasteiger charge is 2.07. The second-order valence-corrected chi connectivity index (χ2v) is 4.27. The maximum absolute atomic E-state index is 5.96. The zero-order valence-electron chi connectivity index (χ0n) is 11.4. The van der Waals surface area contributed by atoms with Gasteiger partial charge in [-0.2, -0.15) is 4.98 Å². The van der Waals surface area contributed by atoms with Gasteiger partial charge in [-0.1, -0.05) is 24.3 Å². The number of nitrogens with two attached hydrogens (primary N) is 1. The number of para-hydroxylation sites is 3. The number of halogens is 1. The van der Waals surface area contributed by atoms with Crippen LogP contribution in [-0.4, -0.2) is 17.1 Å². The minimum absolute atomic E-state index is 0. The van der Waals surface area contributed by atoms with Crippen molar-refractivity contribution in [3.63, 3.8) is 0 Å². The van der Waals surface area contributed by atoms with Crippen molar-refractivity contribution < 1.29 is 4.74 Å². The molecule has 0 unspecified atom stereocenters. The smallest absolute Gasteiger partial charge is 0.229 e. The first kappa shape index (κ1) is 14.9. The molecule has 1 heterocycles. The van der Waals surface area contributed by atoms with Gasteiger partial charge in [-0.3, -0.25) is 0 Å². The molecule has 0 atom stereocenters. The molecule has 0 amide bonds. The lowest BCUT2D eigenvalue weighted by molar-refractivity contribution is 0.417. The van der Waals surface area contributed by atoms with Gasteiger partial charge in [-0.15, -0.1) is 12.4 Å². The van der Waals surface area contributed by atoms with Gasteiger partial charge in [0, 0.05) is 5.39 Å². The zero-order chi connectivity index (χ0) is 13.9. The molecule has 3 N–H and O–H groups in total. The number of hydrogen-bond acceptors (Lipinski definition) is 5. The SMILES string of the molecule is COc1ccccc1Nc1nc(N)c2ccccc2n1.Cl. The van der Waals surface area contributed by atoms with Crippen molar-refractivity contribution in [1.29, 1.82) is 0 Å². The summed E-state index contributed by atoms with van der Waals surface area (Å²) in [5.41, 5.74) is 7.56. The summed E-state index contributed by atoms with van der Waals surface area (Å²) >= 11 is 0. The molecule has 1 aromatic heterocycles. The second-order valence-electron chi connectivity index (χ2n) is 4.27. The van der Waals surface area contributed by atoms with Crippen molar-refractivity contribution in [2.24, 2.45) is 0 Å². The largest absolute Gasteiger partial charge is 0.495 e. The fourth-order valence-corrected chi connectivity index (χ4v) is 2.03. The zero-order valence-corrected chi connectivity index (χ0v) is 12.2. The predicted octanol–water partition coefficient (Wildman–Crippen LogP) is 3.39. The Hall–Kier alpha value is -2.53. The van der Waals surface area contributed by atoms with E-state index < -0.39 is 0 Å². The highest BCUT2D eigenvalue weighted by Crippen LogP contribution is 2.27. The molecule has 0 bridgehead atoms. The number of aromatic nitrogens is 2. The quantitative estimate of drug-likeness (QED) is 0.776. The van der Waals surface area contributed by atoms with Crippen molar-refractivity contribution in [2.75, 3.05) is 18.2 Å². The Morgan fingerprint density at radius 1 is 1.00 bits per heavy atom. The third kappa shape index (κ3) is 2.98. The number of hydrogen-bond donors (Lipinski definition) is 2. The molecule has 0 aliphatic heterocycles. The van der Waals surface area contributed by atoms with Crippen LogP contribution in [0, 0.1) is 0 Å². The minimum Gasteiger partial charge on any atom is -0.495 e. The average molecular weight is 303 g/mol. The van der Waals surface area contributed by atoms with E-state index in [0.29, 0.717) is 11.8 Å². The van der Waals surface area contributed by atoms with E-state index in [0.717, 1.165) is 22.3 Å². The van der Waals surface area contributed by atoms with E-state index in [1.165, 1.54) is 0 Å². The average Bonchev–Trinajstić information content (AvgIpc) is 2.48. The number of benzene rings is 2. The Morgan fingerprint density at radius 3 is 2.52 bits per heavy atom. The molecule has 6 heteroatoms. The van der Waals surface area contributed by atoms with E-state index in [1.54, 1.807) is 7.11 Å². The maximum atomic E-state index is 5.96. The van der Waals surface area contributed by atoms with Crippen LogP contribution >= 0.6 is 12.4 Å². The lowest BCUT2D eigenvalue weighted by Gasteiger charge is -2.10. The number of nitrogen functional groups attached to an aromatic ring is 1. The lowest BCUT2D eigenvalue weighted by Crippen LogP contribution is -2.02. The summed E-state index contributed by atoms with van der Waals surface area (Å²) in [4.78, 5) is 8.72. The molecule has 3 rings (SSSR count). The molecule has 0 radical (unpaired) electrons. The van der Waals surface area contributed by atoms with Gasteiger partial charge in [0.05, 0.1) is 18.3 Å².